The van der Waals surface area contributed by atoms with Crippen molar-refractivity contribution in [1.82, 2.24) is 18.5 Å². The van der Waals surface area contributed by atoms with Gasteiger partial charge in [-0.2, -0.15) is 24.3 Å². The molecule has 346 valence electrons. The molecular formula is C64H45N4O2Pt-3. The van der Waals surface area contributed by atoms with Crippen LogP contribution in [0, 0.1) is 12.1 Å². The van der Waals surface area contributed by atoms with Crippen molar-refractivity contribution in [1.29, 1.82) is 0 Å². The van der Waals surface area contributed by atoms with E-state index in [9.17, 15) is 4.11 Å². The van der Waals surface area contributed by atoms with E-state index in [2.05, 4.69) is 103 Å². The van der Waals surface area contributed by atoms with E-state index in [4.69, 9.17) is 20.7 Å². The van der Waals surface area contributed by atoms with Crippen LogP contribution in [-0.4, -0.2) is 18.5 Å². The number of rotatable bonds is 2. The largest absolute Gasteiger partial charge is 0.510 e. The third-order valence-electron chi connectivity index (χ3n) is 12.8. The predicted molar refractivity (Wildman–Crippen MR) is 288 cm³/mol. The molecule has 13 aromatic rings. The molecule has 7 heteroatoms. The summed E-state index contributed by atoms with van der Waals surface area (Å²) in [6, 6.07) is 55.0. The zero-order chi connectivity index (χ0) is 53.9. The molecule has 0 fully saturated rings. The molecule has 4 aromatic heterocycles. The van der Waals surface area contributed by atoms with Crippen LogP contribution in [0.4, 0.5) is 0 Å². The number of benzene rings is 9. The molecule has 0 unspecified atom stereocenters. The second kappa shape index (κ2) is 17.6. The molecule has 9 aromatic carbocycles. The van der Waals surface area contributed by atoms with Gasteiger partial charge in [0.15, 0.2) is 0 Å². The summed E-state index contributed by atoms with van der Waals surface area (Å²) in [6.45, 7) is 6.31. The number of nitrogens with zero attached hydrogens (tertiary/aromatic N) is 4. The summed E-state index contributed by atoms with van der Waals surface area (Å²) in [6.07, 6.45) is 3.86. The molecule has 0 atom stereocenters. The van der Waals surface area contributed by atoms with Crippen molar-refractivity contribution in [3.05, 3.63) is 236 Å². The van der Waals surface area contributed by atoms with Crippen molar-refractivity contribution >= 4 is 82.4 Å². The smallest absolute Gasteiger partial charge is 0.135 e. The Morgan fingerprint density at radius 3 is 2.04 bits per heavy atom. The van der Waals surface area contributed by atoms with E-state index in [-0.39, 0.29) is 60.8 Å². The zero-order valence-corrected chi connectivity index (χ0v) is 40.9. The van der Waals surface area contributed by atoms with Gasteiger partial charge in [0.1, 0.15) is 16.8 Å². The van der Waals surface area contributed by atoms with Crippen molar-refractivity contribution < 1.29 is 40.9 Å². The molecule has 0 spiro atoms. The van der Waals surface area contributed by atoms with Gasteiger partial charge in [0, 0.05) is 55.7 Å². The molecule has 0 N–H and O–H groups in total. The Balaban J connectivity index is 0.00000623. The fraction of sp³-hybridized carbons (Fsp3) is 0.0625. The Hall–Kier alpha value is -8.31. The van der Waals surface area contributed by atoms with E-state index in [1.165, 1.54) is 0 Å². The van der Waals surface area contributed by atoms with Crippen LogP contribution in [0.2, 0.25) is 0 Å². The van der Waals surface area contributed by atoms with Crippen LogP contribution in [-0.2, 0) is 26.5 Å². The maximum Gasteiger partial charge on any atom is 0.135 e. The monoisotopic (exact) mass is 1100 g/mol. The number of fused-ring (bicyclic) bond motifs is 5. The van der Waals surface area contributed by atoms with Gasteiger partial charge in [0.2, 0.25) is 0 Å². The summed E-state index contributed by atoms with van der Waals surface area (Å²) in [5.41, 5.74) is 8.27. The fourth-order valence-corrected chi connectivity index (χ4v) is 9.63. The quantitative estimate of drug-likeness (QED) is 0.162. The van der Waals surface area contributed by atoms with Gasteiger partial charge in [0.05, 0.1) is 11.0 Å². The molecule has 1 aliphatic rings. The Kier molecular flexibility index (Phi) is 8.85. The maximum absolute atomic E-state index is 9.82. The maximum atomic E-state index is 9.82. The first-order valence-electron chi connectivity index (χ1n) is 27.0. The zero-order valence-electron chi connectivity index (χ0n) is 46.6. The van der Waals surface area contributed by atoms with E-state index in [1.54, 1.807) is 22.7 Å². The summed E-state index contributed by atoms with van der Waals surface area (Å²) in [5, 5.41) is 4.28. The predicted octanol–water partition coefficient (Wildman–Crippen LogP) is 16.9. The molecule has 0 saturated heterocycles. The van der Waals surface area contributed by atoms with Gasteiger partial charge >= 0.3 is 0 Å². The number of aromatic nitrogens is 4. The van der Waals surface area contributed by atoms with E-state index < -0.39 is 41.7 Å². The molecular weight excluding hydrogens is 1050 g/mol. The number of hydrogen-bond donors (Lipinski definition) is 0. The molecule has 0 amide bonds. The second-order valence-corrected chi connectivity index (χ2v) is 18.3. The van der Waals surface area contributed by atoms with Crippen LogP contribution in [0.15, 0.2) is 227 Å². The SMILES string of the molecule is [2H]c1c([2H])c([2H])c(-c2c([2H])c([2H])c3c(c2[2H])c2ccc4[c-]c2n3c2cc(C(C)(C)C)c(cn2)c2cccc(c2)oc2cccc(c2)c2cccc(-c3ccccc3)c2n2[cH-]n(c3[c-]c(ccc3)o4)-c3ccccc3-2)c([2H])c1[2H].[Pt]. The van der Waals surface area contributed by atoms with Gasteiger partial charge in [-0.15, -0.1) is 29.1 Å². The molecule has 6 nitrogen and oxygen atoms in total. The molecule has 1 aliphatic heterocycles. The van der Waals surface area contributed by atoms with E-state index in [1.807, 2.05) is 91.0 Å². The van der Waals surface area contributed by atoms with Gasteiger partial charge in [-0.3, -0.25) is 0 Å². The second-order valence-electron chi connectivity index (χ2n) is 18.3. The minimum Gasteiger partial charge on any atom is -0.510 e. The topological polar surface area (TPSA) is 53.4 Å². The van der Waals surface area contributed by atoms with E-state index in [0.717, 1.165) is 55.1 Å². The first kappa shape index (κ1) is 35.7. The minimum atomic E-state index is -0.606. The molecule has 14 rings (SSSR count). The first-order valence-corrected chi connectivity index (χ1v) is 23.0. The van der Waals surface area contributed by atoms with Crippen LogP contribution < -0.4 is 0 Å². The molecule has 0 saturated carbocycles. The van der Waals surface area contributed by atoms with E-state index in [0.29, 0.717) is 38.8 Å². The Labute approximate surface area is 435 Å². The van der Waals surface area contributed by atoms with Crippen LogP contribution in [0.25, 0.3) is 116 Å². The summed E-state index contributed by atoms with van der Waals surface area (Å²) in [7, 11) is 0. The molecule has 5 heterocycles. The van der Waals surface area contributed by atoms with E-state index >= 15 is 0 Å². The van der Waals surface area contributed by atoms with Gasteiger partial charge < -0.3 is 22.4 Å². The van der Waals surface area contributed by atoms with Crippen molar-refractivity contribution in [3.8, 4) is 33.6 Å². The van der Waals surface area contributed by atoms with Crippen molar-refractivity contribution in [2.45, 2.75) is 26.2 Å². The number of imidazole rings is 1. The van der Waals surface area contributed by atoms with Crippen molar-refractivity contribution in [2.24, 2.45) is 0 Å². The molecule has 0 aliphatic carbocycles. The van der Waals surface area contributed by atoms with Crippen LogP contribution in [0.3, 0.4) is 0 Å². The summed E-state index contributed by atoms with van der Waals surface area (Å²) < 4.78 is 91.4. The average molecular weight is 1110 g/mol. The van der Waals surface area contributed by atoms with Crippen molar-refractivity contribution in [2.75, 3.05) is 0 Å². The minimum absolute atomic E-state index is 0. The number of pyridine rings is 1. The number of para-hydroxylation sites is 3. The van der Waals surface area contributed by atoms with Gasteiger partial charge in [-0.05, 0) is 108 Å². The van der Waals surface area contributed by atoms with Crippen LogP contribution >= 0.6 is 0 Å². The summed E-state index contributed by atoms with van der Waals surface area (Å²) in [5.74, 6) is 0. The van der Waals surface area contributed by atoms with Gasteiger partial charge in [0.25, 0.3) is 0 Å². The average Bonchev–Trinajstić information content (AvgIpc) is 3.40. The Morgan fingerprint density at radius 1 is 0.563 bits per heavy atom. The third kappa shape index (κ3) is 7.82. The van der Waals surface area contributed by atoms with Gasteiger partial charge in [-0.25, -0.2) is 4.98 Å². The van der Waals surface area contributed by atoms with Crippen molar-refractivity contribution in [3.63, 3.8) is 0 Å². The Bertz CT molecular complexity index is 4820. The fourth-order valence-electron chi connectivity index (χ4n) is 9.63. The van der Waals surface area contributed by atoms with Gasteiger partial charge in [-0.1, -0.05) is 166 Å². The van der Waals surface area contributed by atoms with Crippen LogP contribution in [0.1, 0.15) is 37.3 Å². The Morgan fingerprint density at radius 2 is 1.27 bits per heavy atom. The summed E-state index contributed by atoms with van der Waals surface area (Å²) in [4.78, 5) is 5.10. The number of hydrogen-bond acceptors (Lipinski definition) is 3. The molecule has 12 bridgehead atoms. The third-order valence-corrected chi connectivity index (χ3v) is 12.8. The standard InChI is InChI=1S/C64H45N4O2.Pt/c1-64(2,3)57-39-62-65-40-56(57)46-21-13-24-49(35-46)69-48-23-12-20-45(34-48)53-27-15-26-52(43-18-8-5-9-19-43)63(53)67-41-66(59-28-10-11-29-60(59)67)47-22-14-25-50(37-47)70-51-31-32-54-55-36-44(42-16-6-4-7-17-42)30-33-58(55)68(62)61(54)38-51;/h4-36,39-41H,1-3H3;/q-3;/i4D,6D,7D,16D,17D,30D,33D,36D;. The first-order chi connectivity index (χ1) is 37.6. The molecule has 0 radical (unpaired) electrons. The van der Waals surface area contributed by atoms with Crippen LogP contribution in [0.5, 0.6) is 0 Å². The normalized spacial score (nSPS) is 13.3. The molecule has 71 heavy (non-hydrogen) atoms. The summed E-state index contributed by atoms with van der Waals surface area (Å²) >= 11 is 0.